The Kier molecular flexibility index (Phi) is 2.69. The van der Waals surface area contributed by atoms with Gasteiger partial charge in [0.2, 0.25) is 0 Å². The number of nitrogens with zero attached hydrogens (tertiary/aromatic N) is 1. The molecule has 0 saturated carbocycles. The molecule has 0 aliphatic heterocycles. The van der Waals surface area contributed by atoms with Gasteiger partial charge >= 0.3 is 0 Å². The summed E-state index contributed by atoms with van der Waals surface area (Å²) in [6.45, 7) is 6.25. The van der Waals surface area contributed by atoms with Crippen molar-refractivity contribution in [1.29, 1.82) is 0 Å². The van der Waals surface area contributed by atoms with Gasteiger partial charge in [0.25, 0.3) is 0 Å². The molecule has 0 bridgehead atoms. The summed E-state index contributed by atoms with van der Waals surface area (Å²) in [5.74, 6) is 0.973. The minimum Gasteiger partial charge on any atom is -0.496 e. The van der Waals surface area contributed by atoms with Gasteiger partial charge < -0.3 is 4.74 Å². The molecular formula is C13H16N2O. The number of hydrogen-bond donors (Lipinski definition) is 1. The van der Waals surface area contributed by atoms with Crippen molar-refractivity contribution in [2.75, 3.05) is 7.11 Å². The van der Waals surface area contributed by atoms with Crippen LogP contribution in [-0.4, -0.2) is 17.3 Å². The lowest BCUT2D eigenvalue weighted by molar-refractivity contribution is 0.408. The first-order chi connectivity index (χ1) is 7.65. The van der Waals surface area contributed by atoms with E-state index in [2.05, 4.69) is 37.0 Å². The smallest absolute Gasteiger partial charge is 0.124 e. The molecule has 1 N–H and O–H groups in total. The second kappa shape index (κ2) is 4.00. The average molecular weight is 216 g/mol. The van der Waals surface area contributed by atoms with Gasteiger partial charge in [-0.25, -0.2) is 0 Å². The molecule has 0 radical (unpaired) electrons. The summed E-state index contributed by atoms with van der Waals surface area (Å²) in [5.41, 5.74) is 5.80. The summed E-state index contributed by atoms with van der Waals surface area (Å²) in [5, 5.41) is 6.98. The largest absolute Gasteiger partial charge is 0.496 e. The van der Waals surface area contributed by atoms with E-state index in [9.17, 15) is 0 Å². The molecule has 0 aliphatic rings. The number of benzene rings is 1. The van der Waals surface area contributed by atoms with Gasteiger partial charge in [0.05, 0.1) is 12.8 Å². The molecular weight excluding hydrogens is 200 g/mol. The maximum atomic E-state index is 5.40. The zero-order valence-corrected chi connectivity index (χ0v) is 10.1. The van der Waals surface area contributed by atoms with Gasteiger partial charge in [0.1, 0.15) is 5.75 Å². The zero-order chi connectivity index (χ0) is 11.7. The summed E-state index contributed by atoms with van der Waals surface area (Å²) in [4.78, 5) is 0. The SMILES string of the molecule is COc1c(C)cc(-c2ccn[nH]2)c(C)c1C. The number of methoxy groups -OCH3 is 1. The highest BCUT2D eigenvalue weighted by Gasteiger charge is 2.12. The van der Waals surface area contributed by atoms with Gasteiger partial charge in [-0.15, -0.1) is 0 Å². The summed E-state index contributed by atoms with van der Waals surface area (Å²) >= 11 is 0. The van der Waals surface area contributed by atoms with Crippen molar-refractivity contribution >= 4 is 0 Å². The number of hydrogen-bond acceptors (Lipinski definition) is 2. The fraction of sp³-hybridized carbons (Fsp3) is 0.308. The average Bonchev–Trinajstić information content (AvgIpc) is 2.77. The van der Waals surface area contributed by atoms with Crippen LogP contribution >= 0.6 is 0 Å². The van der Waals surface area contributed by atoms with Crippen LogP contribution < -0.4 is 4.74 Å². The molecule has 1 heterocycles. The lowest BCUT2D eigenvalue weighted by Gasteiger charge is -2.14. The lowest BCUT2D eigenvalue weighted by Crippen LogP contribution is -1.96. The Labute approximate surface area is 95.5 Å². The van der Waals surface area contributed by atoms with Crippen LogP contribution in [0.2, 0.25) is 0 Å². The molecule has 3 heteroatoms. The number of H-pyrrole nitrogens is 1. The molecule has 84 valence electrons. The summed E-state index contributed by atoms with van der Waals surface area (Å²) in [7, 11) is 1.71. The molecule has 0 atom stereocenters. The highest BCUT2D eigenvalue weighted by molar-refractivity contribution is 5.68. The molecule has 2 aromatic rings. The minimum atomic E-state index is 0.973. The van der Waals surface area contributed by atoms with E-state index in [0.717, 1.165) is 17.0 Å². The second-order valence-corrected chi connectivity index (χ2v) is 3.99. The Balaban J connectivity index is 2.66. The number of aromatic amines is 1. The quantitative estimate of drug-likeness (QED) is 0.838. The van der Waals surface area contributed by atoms with Crippen molar-refractivity contribution in [2.45, 2.75) is 20.8 Å². The third-order valence-corrected chi connectivity index (χ3v) is 3.02. The Hall–Kier alpha value is -1.77. The molecule has 0 unspecified atom stereocenters. The highest BCUT2D eigenvalue weighted by atomic mass is 16.5. The van der Waals surface area contributed by atoms with Crippen LogP contribution in [0.25, 0.3) is 11.3 Å². The number of aromatic nitrogens is 2. The second-order valence-electron chi connectivity index (χ2n) is 3.99. The first kappa shape index (κ1) is 10.7. The van der Waals surface area contributed by atoms with Crippen molar-refractivity contribution in [1.82, 2.24) is 10.2 Å². The fourth-order valence-corrected chi connectivity index (χ4v) is 2.06. The number of aryl methyl sites for hydroxylation is 1. The van der Waals surface area contributed by atoms with Crippen LogP contribution in [0.5, 0.6) is 5.75 Å². The van der Waals surface area contributed by atoms with E-state index < -0.39 is 0 Å². The van der Waals surface area contributed by atoms with Crippen LogP contribution in [-0.2, 0) is 0 Å². The normalized spacial score (nSPS) is 10.5. The molecule has 0 saturated heterocycles. The van der Waals surface area contributed by atoms with Gasteiger partial charge in [0.15, 0.2) is 0 Å². The molecule has 2 rings (SSSR count). The van der Waals surface area contributed by atoms with Crippen LogP contribution in [0.15, 0.2) is 18.3 Å². The van der Waals surface area contributed by atoms with E-state index in [0.29, 0.717) is 0 Å². The first-order valence-corrected chi connectivity index (χ1v) is 5.29. The molecule has 16 heavy (non-hydrogen) atoms. The molecule has 1 aromatic heterocycles. The van der Waals surface area contributed by atoms with Crippen LogP contribution in [0.1, 0.15) is 16.7 Å². The van der Waals surface area contributed by atoms with Crippen molar-refractivity contribution < 1.29 is 4.74 Å². The monoisotopic (exact) mass is 216 g/mol. The molecule has 0 amide bonds. The summed E-state index contributed by atoms with van der Waals surface area (Å²) in [6, 6.07) is 4.11. The van der Waals surface area contributed by atoms with Crippen molar-refractivity contribution in [2.24, 2.45) is 0 Å². The minimum absolute atomic E-state index is 0.973. The molecule has 0 spiro atoms. The van der Waals surface area contributed by atoms with E-state index in [4.69, 9.17) is 4.74 Å². The maximum absolute atomic E-state index is 5.40. The van der Waals surface area contributed by atoms with Gasteiger partial charge in [-0.1, -0.05) is 0 Å². The predicted octanol–water partition coefficient (Wildman–Crippen LogP) is 3.01. The maximum Gasteiger partial charge on any atom is 0.124 e. The lowest BCUT2D eigenvalue weighted by atomic mass is 9.97. The van der Waals surface area contributed by atoms with Crippen LogP contribution in [0, 0.1) is 20.8 Å². The van der Waals surface area contributed by atoms with Crippen molar-refractivity contribution in [3.63, 3.8) is 0 Å². The third kappa shape index (κ3) is 1.58. The standard InChI is InChI=1S/C13H16N2O/c1-8-7-11(12-5-6-14-15-12)9(2)10(3)13(8)16-4/h5-7H,1-4H3,(H,14,15). The van der Waals surface area contributed by atoms with Crippen LogP contribution in [0.4, 0.5) is 0 Å². The Morgan fingerprint density at radius 1 is 1.19 bits per heavy atom. The topological polar surface area (TPSA) is 37.9 Å². The van der Waals surface area contributed by atoms with Crippen LogP contribution in [0.3, 0.4) is 0 Å². The number of nitrogens with one attached hydrogen (secondary N) is 1. The molecule has 3 nitrogen and oxygen atoms in total. The number of rotatable bonds is 2. The Morgan fingerprint density at radius 2 is 1.94 bits per heavy atom. The summed E-state index contributed by atoms with van der Waals surface area (Å²) < 4.78 is 5.40. The van der Waals surface area contributed by atoms with Crippen molar-refractivity contribution in [3.8, 4) is 17.0 Å². The van der Waals surface area contributed by atoms with Gasteiger partial charge in [-0.2, -0.15) is 5.10 Å². The highest BCUT2D eigenvalue weighted by Crippen LogP contribution is 2.33. The van der Waals surface area contributed by atoms with E-state index in [1.807, 2.05) is 6.07 Å². The van der Waals surface area contributed by atoms with E-state index in [-0.39, 0.29) is 0 Å². The zero-order valence-electron chi connectivity index (χ0n) is 10.1. The molecule has 0 fully saturated rings. The molecule has 1 aromatic carbocycles. The number of ether oxygens (including phenoxy) is 1. The van der Waals surface area contributed by atoms with E-state index >= 15 is 0 Å². The van der Waals surface area contributed by atoms with Crippen molar-refractivity contribution in [3.05, 3.63) is 35.0 Å². The Morgan fingerprint density at radius 3 is 2.50 bits per heavy atom. The van der Waals surface area contributed by atoms with E-state index in [1.54, 1.807) is 13.3 Å². The van der Waals surface area contributed by atoms with Gasteiger partial charge in [0, 0.05) is 11.8 Å². The fourth-order valence-electron chi connectivity index (χ4n) is 2.06. The van der Waals surface area contributed by atoms with Gasteiger partial charge in [-0.3, -0.25) is 5.10 Å². The predicted molar refractivity (Wildman–Crippen MR) is 64.8 cm³/mol. The Bertz CT molecular complexity index is 501. The summed E-state index contributed by atoms with van der Waals surface area (Å²) in [6.07, 6.45) is 1.77. The third-order valence-electron chi connectivity index (χ3n) is 3.02. The van der Waals surface area contributed by atoms with Gasteiger partial charge in [-0.05, 0) is 49.6 Å². The first-order valence-electron chi connectivity index (χ1n) is 5.29. The van der Waals surface area contributed by atoms with E-state index in [1.165, 1.54) is 16.7 Å². The molecule has 0 aliphatic carbocycles.